The number of halogens is 2. The fourth-order valence-corrected chi connectivity index (χ4v) is 5.61. The first-order valence-corrected chi connectivity index (χ1v) is 14.4. The van der Waals surface area contributed by atoms with E-state index >= 15 is 0 Å². The molecule has 0 atom stereocenters. The summed E-state index contributed by atoms with van der Waals surface area (Å²) in [5.74, 6) is 0.267. The van der Waals surface area contributed by atoms with Gasteiger partial charge in [0.15, 0.2) is 9.84 Å². The maximum atomic E-state index is 14.3. The number of ether oxygens (including phenoxy) is 1. The van der Waals surface area contributed by atoms with Crippen molar-refractivity contribution in [2.45, 2.75) is 43.1 Å². The Bertz CT molecular complexity index is 1350. The predicted molar refractivity (Wildman–Crippen MR) is 143 cm³/mol. The van der Waals surface area contributed by atoms with Crippen LogP contribution in [-0.4, -0.2) is 45.0 Å². The van der Waals surface area contributed by atoms with Gasteiger partial charge in [-0.2, -0.15) is 0 Å². The van der Waals surface area contributed by atoms with Crippen molar-refractivity contribution in [1.29, 1.82) is 0 Å². The molecule has 1 heterocycles. The van der Waals surface area contributed by atoms with E-state index < -0.39 is 21.3 Å². The first kappa shape index (κ1) is 27.3. The van der Waals surface area contributed by atoms with E-state index in [1.807, 2.05) is 30.3 Å². The summed E-state index contributed by atoms with van der Waals surface area (Å²) in [5.41, 5.74) is 1.74. The van der Waals surface area contributed by atoms with Crippen LogP contribution in [0.4, 0.5) is 4.39 Å². The number of hydrogen-bond donors (Lipinski definition) is 0. The highest BCUT2D eigenvalue weighted by atomic mass is 35.5. The minimum absolute atomic E-state index is 0.0307. The molecular formula is C29H31ClFNO4S. The molecule has 0 aromatic heterocycles. The summed E-state index contributed by atoms with van der Waals surface area (Å²) in [6.07, 6.45) is 1.91. The molecule has 1 aliphatic heterocycles. The SMILES string of the molecule is CCS(=O)(=O)c1ccc(CC(=O)Cc2ccc(OC3(c4ccc(Cl)c(F)c4)CCN(C)CC3)cc2)cc1. The van der Waals surface area contributed by atoms with Gasteiger partial charge in [0.1, 0.15) is 23.0 Å². The maximum Gasteiger partial charge on any atom is 0.178 e. The molecule has 1 fully saturated rings. The minimum atomic E-state index is -3.26. The molecule has 8 heteroatoms. The molecule has 196 valence electrons. The first-order valence-electron chi connectivity index (χ1n) is 12.4. The standard InChI is InChI=1S/C29H31ClFNO4S/c1-3-37(34,35)26-11-6-22(7-12-26)19-24(33)18-21-4-9-25(10-5-21)36-29(14-16-32(2)17-15-29)23-8-13-27(30)28(31)20-23/h4-13,20H,3,14-19H2,1-2H3. The van der Waals surface area contributed by atoms with Gasteiger partial charge in [0, 0.05) is 38.8 Å². The Hall–Kier alpha value is -2.74. The Kier molecular flexibility index (Phi) is 8.36. The smallest absolute Gasteiger partial charge is 0.178 e. The fraction of sp³-hybridized carbons (Fsp3) is 0.345. The highest BCUT2D eigenvalue weighted by Gasteiger charge is 2.38. The van der Waals surface area contributed by atoms with Crippen molar-refractivity contribution >= 4 is 27.2 Å². The zero-order valence-electron chi connectivity index (χ0n) is 21.0. The summed E-state index contributed by atoms with van der Waals surface area (Å²) < 4.78 is 44.7. The number of sulfone groups is 1. The number of rotatable bonds is 9. The number of likely N-dealkylation sites (tertiary alicyclic amines) is 1. The van der Waals surface area contributed by atoms with E-state index in [9.17, 15) is 17.6 Å². The summed E-state index contributed by atoms with van der Waals surface area (Å²) in [6, 6.07) is 18.8. The summed E-state index contributed by atoms with van der Waals surface area (Å²) in [5, 5.41) is 0.0859. The second-order valence-electron chi connectivity index (χ2n) is 9.61. The van der Waals surface area contributed by atoms with Crippen molar-refractivity contribution in [2.75, 3.05) is 25.9 Å². The zero-order chi connectivity index (χ0) is 26.6. The Morgan fingerprint density at radius 2 is 1.54 bits per heavy atom. The number of nitrogens with zero attached hydrogens (tertiary/aromatic N) is 1. The summed E-state index contributed by atoms with van der Waals surface area (Å²) in [4.78, 5) is 15.1. The Labute approximate surface area is 223 Å². The van der Waals surface area contributed by atoms with Crippen LogP contribution in [0.5, 0.6) is 5.75 Å². The Balaban J connectivity index is 1.43. The van der Waals surface area contributed by atoms with Crippen LogP contribution in [0.25, 0.3) is 0 Å². The molecule has 5 nitrogen and oxygen atoms in total. The lowest BCUT2D eigenvalue weighted by atomic mass is 9.84. The van der Waals surface area contributed by atoms with Gasteiger partial charge in [-0.25, -0.2) is 12.8 Å². The molecule has 1 aliphatic rings. The third kappa shape index (κ3) is 6.58. The van der Waals surface area contributed by atoms with E-state index in [0.717, 1.165) is 29.8 Å². The van der Waals surface area contributed by atoms with E-state index in [-0.39, 0.29) is 34.3 Å². The molecule has 0 unspecified atom stereocenters. The van der Waals surface area contributed by atoms with Crippen LogP contribution in [0, 0.1) is 5.82 Å². The molecule has 0 radical (unpaired) electrons. The van der Waals surface area contributed by atoms with Gasteiger partial charge in [0.25, 0.3) is 0 Å². The average molecular weight is 544 g/mol. The van der Waals surface area contributed by atoms with Crippen molar-refractivity contribution in [3.63, 3.8) is 0 Å². The van der Waals surface area contributed by atoms with Gasteiger partial charge in [-0.15, -0.1) is 0 Å². The third-order valence-corrected chi connectivity index (χ3v) is 9.00. The molecule has 3 aromatic carbocycles. The van der Waals surface area contributed by atoms with Crippen LogP contribution in [-0.2, 0) is 33.1 Å². The lowest BCUT2D eigenvalue weighted by Crippen LogP contribution is -2.44. The summed E-state index contributed by atoms with van der Waals surface area (Å²) >= 11 is 5.91. The maximum absolute atomic E-state index is 14.3. The van der Waals surface area contributed by atoms with Gasteiger partial charge in [0.05, 0.1) is 15.7 Å². The van der Waals surface area contributed by atoms with Gasteiger partial charge in [-0.05, 0) is 60.1 Å². The van der Waals surface area contributed by atoms with Crippen molar-refractivity contribution in [3.05, 3.63) is 94.3 Å². The molecule has 0 amide bonds. The van der Waals surface area contributed by atoms with E-state index in [4.69, 9.17) is 16.3 Å². The number of carbonyl (C=O) groups excluding carboxylic acids is 1. The van der Waals surface area contributed by atoms with Gasteiger partial charge in [0.2, 0.25) is 0 Å². The highest BCUT2D eigenvalue weighted by molar-refractivity contribution is 7.91. The van der Waals surface area contributed by atoms with E-state index in [1.54, 1.807) is 37.3 Å². The van der Waals surface area contributed by atoms with Crippen LogP contribution < -0.4 is 4.74 Å². The lowest BCUT2D eigenvalue weighted by Gasteiger charge is -2.41. The van der Waals surface area contributed by atoms with Crippen molar-refractivity contribution in [3.8, 4) is 5.75 Å². The number of ketones is 1. The topological polar surface area (TPSA) is 63.7 Å². The first-order chi connectivity index (χ1) is 17.6. The molecule has 4 rings (SSSR count). The molecule has 0 N–H and O–H groups in total. The van der Waals surface area contributed by atoms with Gasteiger partial charge < -0.3 is 9.64 Å². The van der Waals surface area contributed by atoms with Gasteiger partial charge in [-0.1, -0.05) is 48.9 Å². The Morgan fingerprint density at radius 1 is 0.973 bits per heavy atom. The van der Waals surface area contributed by atoms with Crippen molar-refractivity contribution in [1.82, 2.24) is 4.90 Å². The van der Waals surface area contributed by atoms with Gasteiger partial charge in [-0.3, -0.25) is 4.79 Å². The third-order valence-electron chi connectivity index (χ3n) is 6.94. The van der Waals surface area contributed by atoms with E-state index in [0.29, 0.717) is 18.6 Å². The molecule has 0 spiro atoms. The van der Waals surface area contributed by atoms with Crippen molar-refractivity contribution in [2.24, 2.45) is 0 Å². The number of carbonyl (C=O) groups is 1. The van der Waals surface area contributed by atoms with Gasteiger partial charge >= 0.3 is 0 Å². The van der Waals surface area contributed by atoms with Crippen LogP contribution in [0.2, 0.25) is 5.02 Å². The number of piperidine rings is 1. The number of Topliss-reactive ketones (excluding diaryl/α,β-unsaturated/α-hetero) is 1. The predicted octanol–water partition coefficient (Wildman–Crippen LogP) is 5.63. The summed E-state index contributed by atoms with van der Waals surface area (Å²) in [6.45, 7) is 3.25. The largest absolute Gasteiger partial charge is 0.482 e. The van der Waals surface area contributed by atoms with Crippen LogP contribution in [0.1, 0.15) is 36.5 Å². The second kappa shape index (κ2) is 11.3. The molecule has 1 saturated heterocycles. The average Bonchev–Trinajstić information content (AvgIpc) is 2.88. The quantitative estimate of drug-likeness (QED) is 0.350. The molecule has 0 bridgehead atoms. The molecule has 0 saturated carbocycles. The molecule has 37 heavy (non-hydrogen) atoms. The Morgan fingerprint density at radius 3 is 2.08 bits per heavy atom. The number of hydrogen-bond acceptors (Lipinski definition) is 5. The monoisotopic (exact) mass is 543 g/mol. The lowest BCUT2D eigenvalue weighted by molar-refractivity contribution is -0.117. The highest BCUT2D eigenvalue weighted by Crippen LogP contribution is 2.38. The molecule has 0 aliphatic carbocycles. The fourth-order valence-electron chi connectivity index (χ4n) is 4.61. The number of benzene rings is 3. The normalized spacial score (nSPS) is 15.9. The second-order valence-corrected chi connectivity index (χ2v) is 12.3. The minimum Gasteiger partial charge on any atom is -0.482 e. The molecular weight excluding hydrogens is 513 g/mol. The molecule has 3 aromatic rings. The van der Waals surface area contributed by atoms with Crippen LogP contribution >= 0.6 is 11.6 Å². The summed E-state index contributed by atoms with van der Waals surface area (Å²) in [7, 11) is -1.20. The zero-order valence-corrected chi connectivity index (χ0v) is 22.6. The van der Waals surface area contributed by atoms with E-state index in [2.05, 4.69) is 11.9 Å². The van der Waals surface area contributed by atoms with E-state index in [1.165, 1.54) is 6.07 Å². The van der Waals surface area contributed by atoms with Crippen LogP contribution in [0.15, 0.2) is 71.6 Å². The van der Waals surface area contributed by atoms with Crippen molar-refractivity contribution < 1.29 is 22.3 Å². The van der Waals surface area contributed by atoms with Crippen LogP contribution in [0.3, 0.4) is 0 Å².